The van der Waals surface area contributed by atoms with Crippen LogP contribution in [-0.2, 0) is 26.7 Å². The van der Waals surface area contributed by atoms with Gasteiger partial charge in [0.1, 0.15) is 11.6 Å². The Morgan fingerprint density at radius 1 is 1.27 bits per heavy atom. The first kappa shape index (κ1) is 18.4. The van der Waals surface area contributed by atoms with Gasteiger partial charge in [0.05, 0.1) is 36.8 Å². The van der Waals surface area contributed by atoms with E-state index in [0.717, 1.165) is 28.7 Å². The summed E-state index contributed by atoms with van der Waals surface area (Å²) in [5.74, 6) is 1.85. The molecule has 3 aromatic heterocycles. The average molecular weight is 357 g/mol. The lowest BCUT2D eigenvalue weighted by atomic mass is 10.2. The third-order valence-corrected chi connectivity index (χ3v) is 4.62. The zero-order valence-electron chi connectivity index (χ0n) is 15.9. The number of aryl methyl sites for hydroxylation is 3. The molecule has 3 aromatic rings. The average Bonchev–Trinajstić information content (AvgIpc) is 3.26. The van der Waals surface area contributed by atoms with Gasteiger partial charge in [0.25, 0.3) is 0 Å². The van der Waals surface area contributed by atoms with Gasteiger partial charge in [-0.25, -0.2) is 4.98 Å². The second-order valence-electron chi connectivity index (χ2n) is 6.87. The van der Waals surface area contributed by atoms with Crippen molar-refractivity contribution < 1.29 is 9.52 Å². The normalized spacial score (nSPS) is 12.8. The van der Waals surface area contributed by atoms with E-state index in [1.54, 1.807) is 6.26 Å². The Hall–Kier alpha value is -2.38. The van der Waals surface area contributed by atoms with Crippen LogP contribution in [0.4, 0.5) is 0 Å². The predicted octanol–water partition coefficient (Wildman–Crippen LogP) is 2.20. The molecule has 0 aliphatic rings. The lowest BCUT2D eigenvalue weighted by Crippen LogP contribution is -2.35. The van der Waals surface area contributed by atoms with Crippen molar-refractivity contribution in [1.82, 2.24) is 24.2 Å². The van der Waals surface area contributed by atoms with Crippen molar-refractivity contribution in [2.75, 3.05) is 6.54 Å². The van der Waals surface area contributed by atoms with Gasteiger partial charge >= 0.3 is 0 Å². The van der Waals surface area contributed by atoms with Crippen LogP contribution in [0.15, 0.2) is 35.1 Å². The quantitative estimate of drug-likeness (QED) is 0.669. The summed E-state index contributed by atoms with van der Waals surface area (Å²) in [4.78, 5) is 6.54. The number of aliphatic hydroxyl groups excluding tert-OH is 1. The minimum Gasteiger partial charge on any atom is -0.468 e. The summed E-state index contributed by atoms with van der Waals surface area (Å²) < 4.78 is 9.43. The van der Waals surface area contributed by atoms with Gasteiger partial charge in [-0.3, -0.25) is 9.58 Å². The van der Waals surface area contributed by atoms with E-state index in [1.165, 1.54) is 0 Å². The fourth-order valence-electron chi connectivity index (χ4n) is 3.15. The van der Waals surface area contributed by atoms with Crippen molar-refractivity contribution in [3.63, 3.8) is 0 Å². The smallest absolute Gasteiger partial charge is 0.117 e. The van der Waals surface area contributed by atoms with E-state index in [-0.39, 0.29) is 0 Å². The maximum atomic E-state index is 10.6. The van der Waals surface area contributed by atoms with Gasteiger partial charge in [-0.2, -0.15) is 5.10 Å². The number of hydrogen-bond donors (Lipinski definition) is 1. The van der Waals surface area contributed by atoms with E-state index in [4.69, 9.17) is 4.42 Å². The second-order valence-corrected chi connectivity index (χ2v) is 6.87. The molecule has 3 heterocycles. The zero-order valence-corrected chi connectivity index (χ0v) is 15.9. The number of rotatable bonds is 8. The van der Waals surface area contributed by atoms with Gasteiger partial charge in [-0.1, -0.05) is 0 Å². The van der Waals surface area contributed by atoms with Crippen molar-refractivity contribution >= 4 is 0 Å². The Kier molecular flexibility index (Phi) is 5.58. The van der Waals surface area contributed by atoms with Crippen molar-refractivity contribution in [3.8, 4) is 0 Å². The zero-order chi connectivity index (χ0) is 18.7. The van der Waals surface area contributed by atoms with Gasteiger partial charge in [0, 0.05) is 32.0 Å². The number of aliphatic hydroxyl groups is 1. The summed E-state index contributed by atoms with van der Waals surface area (Å²) in [6.07, 6.45) is 3.03. The Morgan fingerprint density at radius 3 is 2.65 bits per heavy atom. The molecule has 0 aliphatic carbocycles. The number of aromatic nitrogens is 4. The third kappa shape index (κ3) is 4.42. The number of hydrogen-bond acceptors (Lipinski definition) is 5. The van der Waals surface area contributed by atoms with E-state index in [2.05, 4.69) is 19.5 Å². The molecule has 7 heteroatoms. The third-order valence-electron chi connectivity index (χ3n) is 4.62. The Labute approximate surface area is 153 Å². The minimum atomic E-state index is -0.530. The predicted molar refractivity (Wildman–Crippen MR) is 98.5 cm³/mol. The van der Waals surface area contributed by atoms with Crippen LogP contribution < -0.4 is 0 Å². The summed E-state index contributed by atoms with van der Waals surface area (Å²) in [5.41, 5.74) is 3.13. The molecule has 7 nitrogen and oxygen atoms in total. The molecular weight excluding hydrogens is 330 g/mol. The van der Waals surface area contributed by atoms with E-state index in [1.807, 2.05) is 56.9 Å². The van der Waals surface area contributed by atoms with Crippen LogP contribution in [0, 0.1) is 20.8 Å². The van der Waals surface area contributed by atoms with Gasteiger partial charge in [-0.05, 0) is 39.0 Å². The van der Waals surface area contributed by atoms with Crippen molar-refractivity contribution in [1.29, 1.82) is 0 Å². The van der Waals surface area contributed by atoms with Gasteiger partial charge in [0.15, 0.2) is 0 Å². The van der Waals surface area contributed by atoms with E-state index in [0.29, 0.717) is 26.2 Å². The molecular formula is C19H27N5O2. The highest BCUT2D eigenvalue weighted by molar-refractivity contribution is 5.07. The molecule has 26 heavy (non-hydrogen) atoms. The topological polar surface area (TPSA) is 72.2 Å². The molecule has 0 radical (unpaired) electrons. The lowest BCUT2D eigenvalue weighted by Gasteiger charge is -2.24. The molecule has 0 amide bonds. The Bertz CT molecular complexity index is 834. The fourth-order valence-corrected chi connectivity index (χ4v) is 3.15. The summed E-state index contributed by atoms with van der Waals surface area (Å²) in [6.45, 7) is 8.26. The van der Waals surface area contributed by atoms with Crippen molar-refractivity contribution in [3.05, 3.63) is 59.3 Å². The lowest BCUT2D eigenvalue weighted by molar-refractivity contribution is 0.0828. The Balaban J connectivity index is 1.70. The van der Waals surface area contributed by atoms with Crippen LogP contribution in [0.5, 0.6) is 0 Å². The maximum Gasteiger partial charge on any atom is 0.117 e. The fraction of sp³-hybridized carbons (Fsp3) is 0.474. The summed E-state index contributed by atoms with van der Waals surface area (Å²) in [5, 5.41) is 15.1. The van der Waals surface area contributed by atoms with Crippen molar-refractivity contribution in [2.45, 2.75) is 46.5 Å². The standard InChI is InChI=1S/C19H27N5O2/c1-14-8-15(2)24(21-14)12-18(25)11-23(13-19-6-5-7-26-19)10-17-9-20-16(3)22(17)4/h5-9,18,25H,10-13H2,1-4H3/t18-/m1/s1. The SMILES string of the molecule is Cc1cc(C)n(C[C@H](O)CN(Cc2ccco2)Cc2cnc(C)n2C)n1. The maximum absolute atomic E-state index is 10.6. The molecule has 0 saturated heterocycles. The molecule has 0 saturated carbocycles. The molecule has 0 bridgehead atoms. The van der Waals surface area contributed by atoms with Crippen LogP contribution in [0.2, 0.25) is 0 Å². The first-order valence-electron chi connectivity index (χ1n) is 8.83. The largest absolute Gasteiger partial charge is 0.468 e. The minimum absolute atomic E-state index is 0.471. The molecule has 1 N–H and O–H groups in total. The van der Waals surface area contributed by atoms with Gasteiger partial charge < -0.3 is 14.1 Å². The number of furan rings is 1. The summed E-state index contributed by atoms with van der Waals surface area (Å²) in [6, 6.07) is 5.86. The van der Waals surface area contributed by atoms with Gasteiger partial charge in [0.2, 0.25) is 0 Å². The molecule has 0 aromatic carbocycles. The van der Waals surface area contributed by atoms with E-state index < -0.39 is 6.10 Å². The first-order chi connectivity index (χ1) is 12.4. The van der Waals surface area contributed by atoms with Crippen LogP contribution in [0.3, 0.4) is 0 Å². The highest BCUT2D eigenvalue weighted by Crippen LogP contribution is 2.13. The van der Waals surface area contributed by atoms with Crippen LogP contribution in [-0.4, -0.2) is 42.0 Å². The first-order valence-corrected chi connectivity index (χ1v) is 8.83. The van der Waals surface area contributed by atoms with Crippen LogP contribution in [0.1, 0.15) is 28.7 Å². The number of nitrogens with zero attached hydrogens (tertiary/aromatic N) is 5. The summed E-state index contributed by atoms with van der Waals surface area (Å²) >= 11 is 0. The van der Waals surface area contributed by atoms with E-state index in [9.17, 15) is 5.11 Å². The molecule has 0 aliphatic heterocycles. The van der Waals surface area contributed by atoms with Crippen LogP contribution in [0.25, 0.3) is 0 Å². The molecule has 0 fully saturated rings. The molecule has 0 unspecified atom stereocenters. The number of imidazole rings is 1. The molecule has 1 atom stereocenters. The van der Waals surface area contributed by atoms with E-state index >= 15 is 0 Å². The molecule has 0 spiro atoms. The summed E-state index contributed by atoms with van der Waals surface area (Å²) in [7, 11) is 2.01. The van der Waals surface area contributed by atoms with Crippen molar-refractivity contribution in [2.24, 2.45) is 7.05 Å². The molecule has 3 rings (SSSR count). The van der Waals surface area contributed by atoms with Gasteiger partial charge in [-0.15, -0.1) is 0 Å². The monoisotopic (exact) mass is 357 g/mol. The van der Waals surface area contributed by atoms with Crippen LogP contribution >= 0.6 is 0 Å². The highest BCUT2D eigenvalue weighted by Gasteiger charge is 2.17. The second kappa shape index (κ2) is 7.88. The highest BCUT2D eigenvalue weighted by atomic mass is 16.3. The Morgan fingerprint density at radius 2 is 2.08 bits per heavy atom. The molecule has 140 valence electrons.